The first kappa shape index (κ1) is 17.2. The SMILES string of the molecule is C=CCn1c[n+](CCC[Si](C)(C)C)c2ccccc21.[Br-]. The highest BCUT2D eigenvalue weighted by atomic mass is 79.9. The van der Waals surface area contributed by atoms with E-state index in [1.165, 1.54) is 23.5 Å². The van der Waals surface area contributed by atoms with E-state index in [0.717, 1.165) is 13.1 Å². The summed E-state index contributed by atoms with van der Waals surface area (Å²) < 4.78 is 4.66. The van der Waals surface area contributed by atoms with Gasteiger partial charge in [0.1, 0.15) is 6.54 Å². The van der Waals surface area contributed by atoms with Gasteiger partial charge in [-0.3, -0.25) is 0 Å². The Hall–Kier alpha value is -0.873. The van der Waals surface area contributed by atoms with Gasteiger partial charge in [-0.05, 0) is 18.6 Å². The summed E-state index contributed by atoms with van der Waals surface area (Å²) in [5.74, 6) is 0. The Kier molecular flexibility index (Phi) is 6.21. The van der Waals surface area contributed by atoms with E-state index < -0.39 is 8.07 Å². The highest BCUT2D eigenvalue weighted by molar-refractivity contribution is 6.76. The second-order valence-corrected chi connectivity index (χ2v) is 12.0. The molecule has 2 rings (SSSR count). The van der Waals surface area contributed by atoms with E-state index in [2.05, 4.69) is 65.9 Å². The van der Waals surface area contributed by atoms with Gasteiger partial charge in [0.15, 0.2) is 11.0 Å². The third-order valence-corrected chi connectivity index (χ3v) is 5.28. The van der Waals surface area contributed by atoms with Crippen molar-refractivity contribution in [3.05, 3.63) is 43.2 Å². The number of nitrogens with zero attached hydrogens (tertiary/aromatic N) is 2. The number of aromatic nitrogens is 2. The molecule has 20 heavy (non-hydrogen) atoms. The number of imidazole rings is 1. The second kappa shape index (κ2) is 7.23. The van der Waals surface area contributed by atoms with E-state index in [9.17, 15) is 0 Å². The molecule has 0 aliphatic carbocycles. The molecule has 110 valence electrons. The van der Waals surface area contributed by atoms with Gasteiger partial charge in [-0.1, -0.05) is 50.5 Å². The quantitative estimate of drug-likeness (QED) is 0.414. The Morgan fingerprint density at radius 1 is 1.25 bits per heavy atom. The lowest BCUT2D eigenvalue weighted by molar-refractivity contribution is -0.672. The summed E-state index contributed by atoms with van der Waals surface area (Å²) in [4.78, 5) is 0. The zero-order valence-electron chi connectivity index (χ0n) is 12.8. The number of aryl methyl sites for hydroxylation is 1. The maximum absolute atomic E-state index is 3.84. The van der Waals surface area contributed by atoms with Gasteiger partial charge in [0.05, 0.1) is 6.54 Å². The van der Waals surface area contributed by atoms with Gasteiger partial charge in [0.2, 0.25) is 6.33 Å². The van der Waals surface area contributed by atoms with Crippen molar-refractivity contribution in [1.82, 2.24) is 4.57 Å². The Morgan fingerprint density at radius 3 is 2.60 bits per heavy atom. The van der Waals surface area contributed by atoms with Crippen molar-refractivity contribution in [2.24, 2.45) is 0 Å². The van der Waals surface area contributed by atoms with Crippen LogP contribution in [-0.4, -0.2) is 12.6 Å². The number of halogens is 1. The molecule has 0 bridgehead atoms. The fourth-order valence-electron chi connectivity index (χ4n) is 2.49. The predicted molar refractivity (Wildman–Crippen MR) is 85.1 cm³/mol. The van der Waals surface area contributed by atoms with Crippen LogP contribution < -0.4 is 21.5 Å². The molecule has 2 aromatic rings. The van der Waals surface area contributed by atoms with Crippen molar-refractivity contribution in [2.45, 2.75) is 45.2 Å². The molecule has 0 saturated carbocycles. The first-order valence-corrected chi connectivity index (χ1v) is 10.8. The molecule has 1 aromatic heterocycles. The van der Waals surface area contributed by atoms with Crippen LogP contribution in [0.2, 0.25) is 25.7 Å². The Balaban J connectivity index is 0.00000200. The predicted octanol–water partition coefficient (Wildman–Crippen LogP) is 0.847. The van der Waals surface area contributed by atoms with Crippen LogP contribution in [0.25, 0.3) is 11.0 Å². The lowest BCUT2D eigenvalue weighted by atomic mass is 10.3. The van der Waals surface area contributed by atoms with Crippen molar-refractivity contribution >= 4 is 19.1 Å². The molecule has 0 fully saturated rings. The van der Waals surface area contributed by atoms with Crippen LogP contribution in [0.5, 0.6) is 0 Å². The van der Waals surface area contributed by atoms with Gasteiger partial charge >= 0.3 is 0 Å². The summed E-state index contributed by atoms with van der Waals surface area (Å²) in [5.41, 5.74) is 2.63. The summed E-state index contributed by atoms with van der Waals surface area (Å²) in [6.07, 6.45) is 5.47. The minimum Gasteiger partial charge on any atom is -1.00 e. The summed E-state index contributed by atoms with van der Waals surface area (Å²) >= 11 is 0. The van der Waals surface area contributed by atoms with Crippen LogP contribution >= 0.6 is 0 Å². The van der Waals surface area contributed by atoms with Gasteiger partial charge in [-0.25, -0.2) is 9.13 Å². The van der Waals surface area contributed by atoms with Crippen LogP contribution in [0, 0.1) is 0 Å². The highest BCUT2D eigenvalue weighted by Crippen LogP contribution is 2.13. The van der Waals surface area contributed by atoms with Gasteiger partial charge in [-0.2, -0.15) is 0 Å². The molecule has 4 heteroatoms. The topological polar surface area (TPSA) is 8.81 Å². The number of benzene rings is 1. The van der Waals surface area contributed by atoms with E-state index >= 15 is 0 Å². The Morgan fingerprint density at radius 2 is 1.95 bits per heavy atom. The van der Waals surface area contributed by atoms with Gasteiger partial charge in [-0.15, -0.1) is 0 Å². The largest absolute Gasteiger partial charge is 1.00 e. The van der Waals surface area contributed by atoms with E-state index in [1.54, 1.807) is 0 Å². The van der Waals surface area contributed by atoms with Crippen LogP contribution in [-0.2, 0) is 13.1 Å². The van der Waals surface area contributed by atoms with Crippen molar-refractivity contribution in [3.8, 4) is 0 Å². The van der Waals surface area contributed by atoms with Crippen LogP contribution in [0.3, 0.4) is 0 Å². The number of allylic oxidation sites excluding steroid dienone is 1. The first-order valence-electron chi connectivity index (χ1n) is 7.09. The molecule has 0 atom stereocenters. The van der Waals surface area contributed by atoms with E-state index in [4.69, 9.17) is 0 Å². The summed E-state index contributed by atoms with van der Waals surface area (Å²) in [7, 11) is -0.923. The summed E-state index contributed by atoms with van der Waals surface area (Å²) in [6, 6.07) is 10.0. The zero-order chi connectivity index (χ0) is 13.9. The average molecular weight is 353 g/mol. The van der Waals surface area contributed by atoms with Gasteiger partial charge in [0.25, 0.3) is 0 Å². The smallest absolute Gasteiger partial charge is 0.245 e. The number of hydrogen-bond donors (Lipinski definition) is 0. The molecule has 0 aliphatic rings. The highest BCUT2D eigenvalue weighted by Gasteiger charge is 2.16. The van der Waals surface area contributed by atoms with Crippen molar-refractivity contribution in [1.29, 1.82) is 0 Å². The van der Waals surface area contributed by atoms with E-state index in [-0.39, 0.29) is 17.0 Å². The van der Waals surface area contributed by atoms with E-state index in [0.29, 0.717) is 0 Å². The van der Waals surface area contributed by atoms with E-state index in [1.807, 2.05) is 6.08 Å². The molecule has 1 aromatic carbocycles. The monoisotopic (exact) mass is 352 g/mol. The lowest BCUT2D eigenvalue weighted by Crippen LogP contribution is -3.00. The summed E-state index contributed by atoms with van der Waals surface area (Å²) in [6.45, 7) is 13.2. The molecule has 0 radical (unpaired) electrons. The van der Waals surface area contributed by atoms with Crippen LogP contribution in [0.1, 0.15) is 6.42 Å². The fraction of sp³-hybridized carbons (Fsp3) is 0.438. The van der Waals surface area contributed by atoms with Gasteiger partial charge in [0, 0.05) is 8.07 Å². The lowest BCUT2D eigenvalue weighted by Gasteiger charge is -2.14. The molecule has 0 amide bonds. The molecular formula is C16H25BrN2Si. The zero-order valence-corrected chi connectivity index (χ0v) is 15.4. The van der Waals surface area contributed by atoms with Crippen molar-refractivity contribution in [2.75, 3.05) is 0 Å². The van der Waals surface area contributed by atoms with Crippen molar-refractivity contribution < 1.29 is 21.5 Å². The third kappa shape index (κ3) is 4.32. The number of hydrogen-bond acceptors (Lipinski definition) is 0. The Labute approximate surface area is 133 Å². The molecule has 0 unspecified atom stereocenters. The number of fused-ring (bicyclic) bond motifs is 1. The molecular weight excluding hydrogens is 328 g/mol. The normalized spacial score (nSPS) is 11.3. The molecule has 0 spiro atoms. The third-order valence-electron chi connectivity index (χ3n) is 3.43. The minimum atomic E-state index is -0.923. The maximum Gasteiger partial charge on any atom is 0.245 e. The molecule has 0 saturated heterocycles. The Bertz CT molecular complexity index is 569. The fourth-order valence-corrected chi connectivity index (χ4v) is 3.70. The van der Waals surface area contributed by atoms with Crippen molar-refractivity contribution in [3.63, 3.8) is 0 Å². The number of para-hydroxylation sites is 2. The molecule has 0 aliphatic heterocycles. The first-order chi connectivity index (χ1) is 9.01. The second-order valence-electron chi connectivity index (χ2n) is 6.40. The number of rotatable bonds is 6. The standard InChI is InChI=1S/C16H25N2Si.BrH/c1-5-11-17-14-18(12-8-13-19(2,3)4)16-10-7-6-9-15(16)17;/h5-7,9-10,14H,1,8,11-13H2,2-4H3;1H/q+1;/p-1. The molecule has 2 nitrogen and oxygen atoms in total. The average Bonchev–Trinajstić information content (AvgIpc) is 2.68. The van der Waals surface area contributed by atoms with Crippen LogP contribution in [0.15, 0.2) is 43.2 Å². The van der Waals surface area contributed by atoms with Crippen LogP contribution in [0.4, 0.5) is 0 Å². The molecule has 1 heterocycles. The summed E-state index contributed by atoms with van der Waals surface area (Å²) in [5, 5.41) is 0. The maximum atomic E-state index is 3.84. The minimum absolute atomic E-state index is 0. The molecule has 0 N–H and O–H groups in total. The van der Waals surface area contributed by atoms with Gasteiger partial charge < -0.3 is 17.0 Å².